The number of amides is 1. The number of carbonyl (C=O) groups is 1. The van der Waals surface area contributed by atoms with Crippen molar-refractivity contribution in [1.82, 2.24) is 10.6 Å². The number of carbonyl (C=O) groups excluding carboxylic acids is 1. The molecular weight excluding hydrogens is 260 g/mol. The maximum atomic E-state index is 11.8. The monoisotopic (exact) mass is 288 g/mol. The van der Waals surface area contributed by atoms with Gasteiger partial charge in [-0.1, -0.05) is 30.3 Å². The Balaban J connectivity index is 1.78. The van der Waals surface area contributed by atoms with Gasteiger partial charge in [0.05, 0.1) is 5.41 Å². The minimum atomic E-state index is -0.342. The van der Waals surface area contributed by atoms with Crippen LogP contribution in [0.5, 0.6) is 0 Å². The first-order valence-electron chi connectivity index (χ1n) is 8.03. The van der Waals surface area contributed by atoms with Gasteiger partial charge in [0.25, 0.3) is 0 Å². The van der Waals surface area contributed by atoms with Crippen molar-refractivity contribution in [2.24, 2.45) is 5.41 Å². The molecule has 21 heavy (non-hydrogen) atoms. The molecule has 2 N–H and O–H groups in total. The molecule has 0 heterocycles. The van der Waals surface area contributed by atoms with E-state index in [1.165, 1.54) is 31.2 Å². The van der Waals surface area contributed by atoms with E-state index in [4.69, 9.17) is 0 Å². The van der Waals surface area contributed by atoms with E-state index in [1.54, 1.807) is 7.05 Å². The van der Waals surface area contributed by atoms with E-state index >= 15 is 0 Å². The molecule has 0 unspecified atom stereocenters. The van der Waals surface area contributed by atoms with E-state index in [0.717, 1.165) is 6.54 Å². The van der Waals surface area contributed by atoms with E-state index in [9.17, 15) is 4.79 Å². The first kappa shape index (κ1) is 16.0. The van der Waals surface area contributed by atoms with E-state index in [-0.39, 0.29) is 11.3 Å². The van der Waals surface area contributed by atoms with Crippen LogP contribution in [0.3, 0.4) is 0 Å². The van der Waals surface area contributed by atoms with Gasteiger partial charge in [-0.2, -0.15) is 0 Å². The normalized spacial score (nSPS) is 22.8. The van der Waals surface area contributed by atoms with Crippen molar-refractivity contribution in [3.63, 3.8) is 0 Å². The van der Waals surface area contributed by atoms with Crippen molar-refractivity contribution in [2.75, 3.05) is 13.6 Å². The molecular formula is C18H28N2O. The summed E-state index contributed by atoms with van der Waals surface area (Å²) in [5.41, 5.74) is 1.13. The number of rotatable bonds is 5. The Bertz CT molecular complexity index is 448. The fourth-order valence-electron chi connectivity index (χ4n) is 3.17. The van der Waals surface area contributed by atoms with Gasteiger partial charge in [-0.3, -0.25) is 4.79 Å². The van der Waals surface area contributed by atoms with Crippen LogP contribution in [0.2, 0.25) is 0 Å². The third-order valence-corrected chi connectivity index (χ3v) is 4.67. The van der Waals surface area contributed by atoms with Crippen LogP contribution in [0, 0.1) is 5.41 Å². The van der Waals surface area contributed by atoms with Crippen molar-refractivity contribution in [2.45, 2.75) is 51.5 Å². The molecule has 1 aromatic carbocycles. The Labute approximate surface area is 128 Å². The molecule has 0 atom stereocenters. The smallest absolute Gasteiger partial charge is 0.226 e. The highest BCUT2D eigenvalue weighted by atomic mass is 16.2. The second-order valence-corrected chi connectivity index (χ2v) is 6.80. The lowest BCUT2D eigenvalue weighted by atomic mass is 9.81. The molecule has 1 aliphatic carbocycles. The van der Waals surface area contributed by atoms with Crippen LogP contribution in [0.15, 0.2) is 30.3 Å². The van der Waals surface area contributed by atoms with Gasteiger partial charge in [0.15, 0.2) is 0 Å². The van der Waals surface area contributed by atoms with E-state index in [2.05, 4.69) is 41.0 Å². The van der Waals surface area contributed by atoms with Gasteiger partial charge in [-0.15, -0.1) is 0 Å². The topological polar surface area (TPSA) is 41.1 Å². The van der Waals surface area contributed by atoms with Gasteiger partial charge >= 0.3 is 0 Å². The van der Waals surface area contributed by atoms with Gasteiger partial charge < -0.3 is 10.6 Å². The molecule has 0 radical (unpaired) electrons. The van der Waals surface area contributed by atoms with Crippen LogP contribution in [-0.4, -0.2) is 25.5 Å². The molecule has 0 saturated heterocycles. The Morgan fingerprint density at radius 1 is 1.14 bits per heavy atom. The van der Waals surface area contributed by atoms with Gasteiger partial charge in [0, 0.05) is 19.6 Å². The second kappa shape index (κ2) is 7.08. The van der Waals surface area contributed by atoms with Crippen molar-refractivity contribution >= 4 is 5.91 Å². The van der Waals surface area contributed by atoms with Crippen molar-refractivity contribution in [3.05, 3.63) is 35.9 Å². The lowest BCUT2D eigenvalue weighted by Gasteiger charge is -2.32. The van der Waals surface area contributed by atoms with Gasteiger partial charge in [-0.05, 0) is 51.0 Å². The van der Waals surface area contributed by atoms with Crippen LogP contribution < -0.4 is 10.6 Å². The van der Waals surface area contributed by atoms with E-state index in [1.807, 2.05) is 13.8 Å². The minimum absolute atomic E-state index is 0.105. The summed E-state index contributed by atoms with van der Waals surface area (Å²) >= 11 is 0. The van der Waals surface area contributed by atoms with Gasteiger partial charge in [0.2, 0.25) is 5.91 Å². The van der Waals surface area contributed by atoms with E-state index in [0.29, 0.717) is 12.0 Å². The lowest BCUT2D eigenvalue weighted by molar-refractivity contribution is -0.128. The van der Waals surface area contributed by atoms with Gasteiger partial charge in [0.1, 0.15) is 0 Å². The fourth-order valence-corrected chi connectivity index (χ4v) is 3.17. The Morgan fingerprint density at radius 2 is 1.76 bits per heavy atom. The van der Waals surface area contributed by atoms with Gasteiger partial charge in [-0.25, -0.2) is 0 Å². The number of hydrogen-bond acceptors (Lipinski definition) is 2. The van der Waals surface area contributed by atoms with Crippen molar-refractivity contribution in [3.8, 4) is 0 Å². The highest BCUT2D eigenvalue weighted by Gasteiger charge is 2.28. The minimum Gasteiger partial charge on any atom is -0.359 e. The number of nitrogens with one attached hydrogen (secondary N) is 2. The molecule has 3 nitrogen and oxygen atoms in total. The zero-order valence-corrected chi connectivity index (χ0v) is 13.5. The zero-order chi connectivity index (χ0) is 15.3. The average Bonchev–Trinajstić information content (AvgIpc) is 2.53. The molecule has 3 heteroatoms. The third kappa shape index (κ3) is 4.31. The highest BCUT2D eigenvalue weighted by molar-refractivity contribution is 5.81. The van der Waals surface area contributed by atoms with E-state index < -0.39 is 0 Å². The largest absolute Gasteiger partial charge is 0.359 e. The summed E-state index contributed by atoms with van der Waals surface area (Å²) in [6.45, 7) is 4.73. The van der Waals surface area contributed by atoms with Crippen LogP contribution in [-0.2, 0) is 4.79 Å². The second-order valence-electron chi connectivity index (χ2n) is 6.80. The summed E-state index contributed by atoms with van der Waals surface area (Å²) in [5.74, 6) is 0.809. The summed E-state index contributed by atoms with van der Waals surface area (Å²) in [5, 5.41) is 6.33. The molecule has 1 aromatic rings. The SMILES string of the molecule is CNC(=O)C(C)(C)CNC1CCC(c2ccccc2)CC1. The molecule has 0 aromatic heterocycles. The molecule has 116 valence electrons. The molecule has 1 fully saturated rings. The van der Waals surface area contributed by atoms with Crippen molar-refractivity contribution < 1.29 is 4.79 Å². The molecule has 0 spiro atoms. The van der Waals surface area contributed by atoms with Crippen LogP contribution in [0.4, 0.5) is 0 Å². The first-order chi connectivity index (χ1) is 10.0. The average molecular weight is 288 g/mol. The summed E-state index contributed by atoms with van der Waals surface area (Å²) in [6, 6.07) is 11.4. The molecule has 0 aliphatic heterocycles. The summed E-state index contributed by atoms with van der Waals surface area (Å²) in [7, 11) is 1.70. The maximum absolute atomic E-state index is 11.8. The Kier molecular flexibility index (Phi) is 5.40. The molecule has 0 bridgehead atoms. The summed E-state index contributed by atoms with van der Waals surface area (Å²) in [6.07, 6.45) is 4.87. The molecule has 1 saturated carbocycles. The number of benzene rings is 1. The standard InChI is InChI=1S/C18H28N2O/c1-18(2,17(21)19-3)13-20-16-11-9-15(10-12-16)14-7-5-4-6-8-14/h4-8,15-16,20H,9-13H2,1-3H3,(H,19,21). The Morgan fingerprint density at radius 3 is 2.33 bits per heavy atom. The lowest BCUT2D eigenvalue weighted by Crippen LogP contribution is -2.45. The first-order valence-corrected chi connectivity index (χ1v) is 8.03. The molecule has 1 aliphatic rings. The van der Waals surface area contributed by atoms with Crippen LogP contribution in [0.1, 0.15) is 51.0 Å². The predicted molar refractivity (Wildman–Crippen MR) is 87.3 cm³/mol. The fraction of sp³-hybridized carbons (Fsp3) is 0.611. The predicted octanol–water partition coefficient (Wildman–Crippen LogP) is 3.07. The number of hydrogen-bond donors (Lipinski definition) is 2. The third-order valence-electron chi connectivity index (χ3n) is 4.67. The summed E-state index contributed by atoms with van der Waals surface area (Å²) < 4.78 is 0. The Hall–Kier alpha value is -1.35. The molecule has 1 amide bonds. The highest BCUT2D eigenvalue weighted by Crippen LogP contribution is 2.32. The summed E-state index contributed by atoms with van der Waals surface area (Å²) in [4.78, 5) is 11.8. The quantitative estimate of drug-likeness (QED) is 0.874. The maximum Gasteiger partial charge on any atom is 0.226 e. The van der Waals surface area contributed by atoms with Crippen LogP contribution in [0.25, 0.3) is 0 Å². The van der Waals surface area contributed by atoms with Crippen LogP contribution >= 0.6 is 0 Å². The molecule has 2 rings (SSSR count). The zero-order valence-electron chi connectivity index (χ0n) is 13.5. The van der Waals surface area contributed by atoms with Crippen molar-refractivity contribution in [1.29, 1.82) is 0 Å².